The highest BCUT2D eigenvalue weighted by Crippen LogP contribution is 2.32. The Bertz CT molecular complexity index is 741. The summed E-state index contributed by atoms with van der Waals surface area (Å²) in [5.41, 5.74) is 0.937. The van der Waals surface area contributed by atoms with Crippen molar-refractivity contribution in [2.24, 2.45) is 0 Å². The van der Waals surface area contributed by atoms with E-state index in [0.717, 1.165) is 45.5 Å². The molecule has 0 bridgehead atoms. The average Bonchev–Trinajstić information content (AvgIpc) is 3.08. The molecule has 1 aromatic carbocycles. The van der Waals surface area contributed by atoms with E-state index in [4.69, 9.17) is 16.1 Å². The molecule has 0 aliphatic heterocycles. The molecule has 0 saturated carbocycles. The standard InChI is InChI=1S/C14H14ClN3OS2/c1-2-3-4-13-17-12(18-19-13)8-20-14-16-10-7-9(15)5-6-11(10)21-14/h5-7H,2-4,8H2,1H3. The molecule has 4 nitrogen and oxygen atoms in total. The van der Waals surface area contributed by atoms with Gasteiger partial charge in [-0.1, -0.05) is 41.9 Å². The Labute approximate surface area is 135 Å². The van der Waals surface area contributed by atoms with Gasteiger partial charge in [-0.3, -0.25) is 0 Å². The van der Waals surface area contributed by atoms with Crippen LogP contribution in [0, 0.1) is 0 Å². The number of hydrogen-bond donors (Lipinski definition) is 0. The highest BCUT2D eigenvalue weighted by atomic mass is 35.5. The summed E-state index contributed by atoms with van der Waals surface area (Å²) in [4.78, 5) is 8.94. The van der Waals surface area contributed by atoms with Crippen molar-refractivity contribution >= 4 is 44.9 Å². The van der Waals surface area contributed by atoms with E-state index in [-0.39, 0.29) is 0 Å². The second kappa shape index (κ2) is 6.77. The minimum absolute atomic E-state index is 0.670. The van der Waals surface area contributed by atoms with Crippen LogP contribution in [0.15, 0.2) is 27.1 Å². The summed E-state index contributed by atoms with van der Waals surface area (Å²) in [5, 5.41) is 4.71. The number of aromatic nitrogens is 3. The first-order valence-electron chi connectivity index (χ1n) is 6.75. The summed E-state index contributed by atoms with van der Waals surface area (Å²) in [6, 6.07) is 5.76. The fourth-order valence-corrected chi connectivity index (χ4v) is 3.90. The number of benzene rings is 1. The highest BCUT2D eigenvalue weighted by molar-refractivity contribution is 8.00. The van der Waals surface area contributed by atoms with Crippen molar-refractivity contribution in [3.8, 4) is 0 Å². The fraction of sp³-hybridized carbons (Fsp3) is 0.357. The zero-order valence-electron chi connectivity index (χ0n) is 11.5. The maximum Gasteiger partial charge on any atom is 0.226 e. The number of halogens is 1. The molecule has 2 heterocycles. The third-order valence-electron chi connectivity index (χ3n) is 2.91. The molecule has 21 heavy (non-hydrogen) atoms. The normalized spacial score (nSPS) is 11.3. The molecule has 0 fully saturated rings. The van der Waals surface area contributed by atoms with Crippen LogP contribution in [0.1, 0.15) is 31.5 Å². The molecule has 0 N–H and O–H groups in total. The van der Waals surface area contributed by atoms with E-state index in [9.17, 15) is 0 Å². The molecule has 0 saturated heterocycles. The number of thioether (sulfide) groups is 1. The van der Waals surface area contributed by atoms with E-state index in [1.807, 2.05) is 18.2 Å². The maximum absolute atomic E-state index is 5.97. The average molecular weight is 340 g/mol. The monoisotopic (exact) mass is 339 g/mol. The van der Waals surface area contributed by atoms with Crippen molar-refractivity contribution in [2.75, 3.05) is 0 Å². The topological polar surface area (TPSA) is 51.8 Å². The number of nitrogens with zero attached hydrogens (tertiary/aromatic N) is 3. The van der Waals surface area contributed by atoms with Gasteiger partial charge in [-0.15, -0.1) is 11.3 Å². The van der Waals surface area contributed by atoms with Crippen LogP contribution in [0.5, 0.6) is 0 Å². The Balaban J connectivity index is 1.64. The van der Waals surface area contributed by atoms with Crippen LogP contribution < -0.4 is 0 Å². The molecule has 2 aromatic heterocycles. The quantitative estimate of drug-likeness (QED) is 0.593. The second-order valence-corrected chi connectivity index (χ2v) is 7.28. The molecule has 0 unspecified atom stereocenters. The van der Waals surface area contributed by atoms with Gasteiger partial charge in [0.1, 0.15) is 0 Å². The van der Waals surface area contributed by atoms with Crippen molar-refractivity contribution in [1.82, 2.24) is 15.1 Å². The van der Waals surface area contributed by atoms with E-state index in [1.165, 1.54) is 0 Å². The van der Waals surface area contributed by atoms with Crippen molar-refractivity contribution < 1.29 is 4.52 Å². The Kier molecular flexibility index (Phi) is 4.77. The molecular weight excluding hydrogens is 326 g/mol. The Hall–Kier alpha value is -1.11. The van der Waals surface area contributed by atoms with Gasteiger partial charge < -0.3 is 4.52 Å². The van der Waals surface area contributed by atoms with Gasteiger partial charge in [0.05, 0.1) is 16.0 Å². The minimum Gasteiger partial charge on any atom is -0.339 e. The lowest BCUT2D eigenvalue weighted by Gasteiger charge is -1.90. The molecule has 0 aliphatic rings. The fourth-order valence-electron chi connectivity index (χ4n) is 1.85. The summed E-state index contributed by atoms with van der Waals surface area (Å²) < 4.78 is 7.35. The molecule has 0 aliphatic carbocycles. The largest absolute Gasteiger partial charge is 0.339 e. The third-order valence-corrected chi connectivity index (χ3v) is 5.32. The van der Waals surface area contributed by atoms with Gasteiger partial charge in [0.15, 0.2) is 10.2 Å². The van der Waals surface area contributed by atoms with Crippen molar-refractivity contribution in [3.05, 3.63) is 34.9 Å². The molecule has 3 rings (SSSR count). The predicted molar refractivity (Wildman–Crippen MR) is 87.1 cm³/mol. The summed E-state index contributed by atoms with van der Waals surface area (Å²) in [6.45, 7) is 2.15. The van der Waals surface area contributed by atoms with Crippen molar-refractivity contribution in [2.45, 2.75) is 36.3 Å². The van der Waals surface area contributed by atoms with Crippen LogP contribution in [0.2, 0.25) is 5.02 Å². The van der Waals surface area contributed by atoms with Gasteiger partial charge in [0.25, 0.3) is 0 Å². The zero-order chi connectivity index (χ0) is 14.7. The predicted octanol–water partition coefficient (Wildman–Crippen LogP) is 4.97. The lowest BCUT2D eigenvalue weighted by Crippen LogP contribution is -1.87. The lowest BCUT2D eigenvalue weighted by atomic mass is 10.2. The first kappa shape index (κ1) is 14.8. The SMILES string of the molecule is CCCCc1nc(CSc2nc3cc(Cl)ccc3s2)no1. The van der Waals surface area contributed by atoms with E-state index in [1.54, 1.807) is 23.1 Å². The van der Waals surface area contributed by atoms with Crippen LogP contribution in [-0.4, -0.2) is 15.1 Å². The summed E-state index contributed by atoms with van der Waals surface area (Å²) in [7, 11) is 0. The molecule has 0 radical (unpaired) electrons. The van der Waals surface area contributed by atoms with Gasteiger partial charge in [-0.2, -0.15) is 4.98 Å². The highest BCUT2D eigenvalue weighted by Gasteiger charge is 2.09. The molecule has 0 atom stereocenters. The molecular formula is C14H14ClN3OS2. The summed E-state index contributed by atoms with van der Waals surface area (Å²) in [5.74, 6) is 2.12. The zero-order valence-corrected chi connectivity index (χ0v) is 13.9. The van der Waals surface area contributed by atoms with Crippen molar-refractivity contribution in [1.29, 1.82) is 0 Å². The number of fused-ring (bicyclic) bond motifs is 1. The van der Waals surface area contributed by atoms with Crippen LogP contribution >= 0.6 is 34.7 Å². The number of hydrogen-bond acceptors (Lipinski definition) is 6. The van der Waals surface area contributed by atoms with Crippen LogP contribution in [0.4, 0.5) is 0 Å². The molecule has 110 valence electrons. The Morgan fingerprint density at radius 1 is 1.33 bits per heavy atom. The smallest absolute Gasteiger partial charge is 0.226 e. The molecule has 7 heteroatoms. The Morgan fingerprint density at radius 3 is 3.10 bits per heavy atom. The lowest BCUT2D eigenvalue weighted by molar-refractivity contribution is 0.371. The van der Waals surface area contributed by atoms with E-state index >= 15 is 0 Å². The first-order chi connectivity index (χ1) is 10.2. The number of thiazole rings is 1. The second-order valence-electron chi connectivity index (χ2n) is 4.59. The Morgan fingerprint density at radius 2 is 2.24 bits per heavy atom. The number of rotatable bonds is 6. The first-order valence-corrected chi connectivity index (χ1v) is 8.93. The van der Waals surface area contributed by atoms with Gasteiger partial charge in [-0.25, -0.2) is 4.98 Å². The van der Waals surface area contributed by atoms with Gasteiger partial charge >= 0.3 is 0 Å². The van der Waals surface area contributed by atoms with Gasteiger partial charge in [0.2, 0.25) is 5.89 Å². The maximum atomic E-state index is 5.97. The molecule has 0 amide bonds. The van der Waals surface area contributed by atoms with Crippen LogP contribution in [-0.2, 0) is 12.2 Å². The van der Waals surface area contributed by atoms with E-state index in [2.05, 4.69) is 22.0 Å². The van der Waals surface area contributed by atoms with E-state index < -0.39 is 0 Å². The molecule has 3 aromatic rings. The van der Waals surface area contributed by atoms with Crippen LogP contribution in [0.25, 0.3) is 10.2 Å². The number of unbranched alkanes of at least 4 members (excludes halogenated alkanes) is 1. The van der Waals surface area contributed by atoms with Crippen molar-refractivity contribution in [3.63, 3.8) is 0 Å². The van der Waals surface area contributed by atoms with Gasteiger partial charge in [-0.05, 0) is 24.6 Å². The number of aryl methyl sites for hydroxylation is 1. The third kappa shape index (κ3) is 3.75. The van der Waals surface area contributed by atoms with Crippen LogP contribution in [0.3, 0.4) is 0 Å². The van der Waals surface area contributed by atoms with E-state index in [0.29, 0.717) is 10.8 Å². The summed E-state index contributed by atoms with van der Waals surface area (Å²) >= 11 is 9.25. The molecule has 0 spiro atoms. The van der Waals surface area contributed by atoms with Gasteiger partial charge in [0, 0.05) is 11.4 Å². The summed E-state index contributed by atoms with van der Waals surface area (Å²) in [6.07, 6.45) is 3.06. The minimum atomic E-state index is 0.670.